The van der Waals surface area contributed by atoms with Gasteiger partial charge >= 0.3 is 0 Å². The summed E-state index contributed by atoms with van der Waals surface area (Å²) in [6.07, 6.45) is 0. The number of aromatic nitrogens is 3. The van der Waals surface area contributed by atoms with Gasteiger partial charge in [-0.15, -0.1) is 5.10 Å². The molecule has 1 heterocycles. The SMILES string of the molecule is CC[N+](C)(CC)Cc1cc(C)ccc1-n1nnc2cccc(O)c21.[I-]. The molecule has 0 saturated carbocycles. The number of aromatic hydroxyl groups is 1. The maximum absolute atomic E-state index is 10.3. The molecule has 6 heteroatoms. The van der Waals surface area contributed by atoms with E-state index in [9.17, 15) is 5.11 Å². The monoisotopic (exact) mass is 452 g/mol. The Balaban J connectivity index is 0.00000225. The van der Waals surface area contributed by atoms with Gasteiger partial charge < -0.3 is 33.6 Å². The third kappa shape index (κ3) is 3.79. The van der Waals surface area contributed by atoms with E-state index in [1.165, 1.54) is 11.1 Å². The topological polar surface area (TPSA) is 50.9 Å². The Kier molecular flexibility index (Phi) is 6.05. The average molecular weight is 452 g/mol. The molecule has 1 aromatic heterocycles. The van der Waals surface area contributed by atoms with Crippen molar-refractivity contribution in [3.8, 4) is 11.4 Å². The third-order valence-electron chi connectivity index (χ3n) is 4.99. The summed E-state index contributed by atoms with van der Waals surface area (Å²) in [6, 6.07) is 11.7. The smallest absolute Gasteiger partial charge is 0.143 e. The summed E-state index contributed by atoms with van der Waals surface area (Å²) in [5.74, 6) is 0.201. The number of hydrogen-bond acceptors (Lipinski definition) is 3. The lowest BCUT2D eigenvalue weighted by Crippen LogP contribution is -3.00. The molecule has 0 spiro atoms. The minimum Gasteiger partial charge on any atom is -1.00 e. The molecular weight excluding hydrogens is 427 g/mol. The Hall–Kier alpha value is -1.67. The summed E-state index contributed by atoms with van der Waals surface area (Å²) in [7, 11) is 2.27. The molecule has 0 saturated heterocycles. The maximum atomic E-state index is 10.3. The van der Waals surface area contributed by atoms with E-state index < -0.39 is 0 Å². The highest BCUT2D eigenvalue weighted by Gasteiger charge is 2.21. The molecule has 0 aliphatic heterocycles. The van der Waals surface area contributed by atoms with Gasteiger partial charge in [-0.1, -0.05) is 22.9 Å². The molecule has 0 bridgehead atoms. The summed E-state index contributed by atoms with van der Waals surface area (Å²) in [4.78, 5) is 0. The number of hydrogen-bond donors (Lipinski definition) is 1. The van der Waals surface area contributed by atoms with Crippen LogP contribution in [0.2, 0.25) is 0 Å². The van der Waals surface area contributed by atoms with Crippen LogP contribution in [-0.4, -0.2) is 44.7 Å². The van der Waals surface area contributed by atoms with Crippen LogP contribution >= 0.6 is 0 Å². The van der Waals surface area contributed by atoms with Crippen LogP contribution in [0, 0.1) is 6.92 Å². The van der Waals surface area contributed by atoms with Crippen molar-refractivity contribution in [2.75, 3.05) is 20.1 Å². The van der Waals surface area contributed by atoms with Crippen LogP contribution in [0.5, 0.6) is 5.75 Å². The molecule has 0 aliphatic carbocycles. The first-order valence-electron chi connectivity index (χ1n) is 8.44. The molecule has 3 aromatic rings. The van der Waals surface area contributed by atoms with Crippen LogP contribution in [0.1, 0.15) is 25.0 Å². The van der Waals surface area contributed by atoms with Gasteiger partial charge in [0.25, 0.3) is 0 Å². The molecule has 0 unspecified atom stereocenters. The van der Waals surface area contributed by atoms with E-state index in [0.29, 0.717) is 11.0 Å². The van der Waals surface area contributed by atoms with Gasteiger partial charge in [0.15, 0.2) is 0 Å². The number of halogens is 1. The Morgan fingerprint density at radius 1 is 1.12 bits per heavy atom. The summed E-state index contributed by atoms with van der Waals surface area (Å²) >= 11 is 0. The average Bonchev–Trinajstić information content (AvgIpc) is 3.00. The first-order chi connectivity index (χ1) is 11.5. The van der Waals surface area contributed by atoms with Gasteiger partial charge in [-0.05, 0) is 45.0 Å². The van der Waals surface area contributed by atoms with E-state index in [0.717, 1.165) is 29.8 Å². The van der Waals surface area contributed by atoms with Crippen molar-refractivity contribution < 1.29 is 33.6 Å². The number of phenolic OH excluding ortho intramolecular Hbond substituents is 1. The second-order valence-electron chi connectivity index (χ2n) is 6.69. The predicted octanol–water partition coefficient (Wildman–Crippen LogP) is 0.425. The number of quaternary nitrogens is 1. The number of benzene rings is 2. The zero-order chi connectivity index (χ0) is 17.3. The quantitative estimate of drug-likeness (QED) is 0.451. The lowest BCUT2D eigenvalue weighted by atomic mass is 10.1. The zero-order valence-corrected chi connectivity index (χ0v) is 17.4. The predicted molar refractivity (Wildman–Crippen MR) is 96.2 cm³/mol. The molecule has 3 rings (SSSR count). The van der Waals surface area contributed by atoms with Gasteiger partial charge in [-0.2, -0.15) is 0 Å². The highest BCUT2D eigenvalue weighted by Crippen LogP contribution is 2.28. The molecule has 2 aromatic carbocycles. The first kappa shape index (κ1) is 19.7. The summed E-state index contributed by atoms with van der Waals surface area (Å²) in [5.41, 5.74) is 4.78. The van der Waals surface area contributed by atoms with Crippen LogP contribution < -0.4 is 24.0 Å². The molecule has 0 aliphatic rings. The van der Waals surface area contributed by atoms with Crippen LogP contribution in [0.25, 0.3) is 16.7 Å². The van der Waals surface area contributed by atoms with E-state index >= 15 is 0 Å². The first-order valence-corrected chi connectivity index (χ1v) is 8.44. The minimum absolute atomic E-state index is 0. The van der Waals surface area contributed by atoms with Crippen molar-refractivity contribution in [2.24, 2.45) is 0 Å². The van der Waals surface area contributed by atoms with E-state index in [2.05, 4.69) is 56.3 Å². The van der Waals surface area contributed by atoms with Gasteiger partial charge in [0.2, 0.25) is 0 Å². The van der Waals surface area contributed by atoms with E-state index in [1.54, 1.807) is 16.8 Å². The Labute approximate surface area is 165 Å². The van der Waals surface area contributed by atoms with Gasteiger partial charge in [0, 0.05) is 5.56 Å². The molecule has 134 valence electrons. The second kappa shape index (κ2) is 7.70. The van der Waals surface area contributed by atoms with E-state index in [-0.39, 0.29) is 29.7 Å². The van der Waals surface area contributed by atoms with Crippen molar-refractivity contribution in [1.82, 2.24) is 15.0 Å². The molecule has 0 amide bonds. The standard InChI is InChI=1S/C19H24N4O.HI/c1-5-23(4,6-2)13-15-12-14(3)10-11-17(15)22-19-16(20-21-22)8-7-9-18(19)24;/h7-12H,5-6,13H2,1-4H3;1H. The van der Waals surface area contributed by atoms with Crippen molar-refractivity contribution in [3.63, 3.8) is 0 Å². The van der Waals surface area contributed by atoms with Crippen molar-refractivity contribution in [3.05, 3.63) is 47.5 Å². The minimum atomic E-state index is 0. The number of para-hydroxylation sites is 1. The van der Waals surface area contributed by atoms with Crippen LogP contribution in [0.3, 0.4) is 0 Å². The van der Waals surface area contributed by atoms with Gasteiger partial charge in [0.1, 0.15) is 23.3 Å². The molecular formula is C19H25IN4O. The molecule has 0 radical (unpaired) electrons. The van der Waals surface area contributed by atoms with Crippen LogP contribution in [0.4, 0.5) is 0 Å². The Morgan fingerprint density at radius 3 is 2.52 bits per heavy atom. The molecule has 0 atom stereocenters. The van der Waals surface area contributed by atoms with Crippen LogP contribution in [0.15, 0.2) is 36.4 Å². The number of fused-ring (bicyclic) bond motifs is 1. The fourth-order valence-corrected chi connectivity index (χ4v) is 3.03. The van der Waals surface area contributed by atoms with Crippen LogP contribution in [-0.2, 0) is 6.54 Å². The largest absolute Gasteiger partial charge is 1.00 e. The summed E-state index contributed by atoms with van der Waals surface area (Å²) < 4.78 is 2.71. The molecule has 5 nitrogen and oxygen atoms in total. The van der Waals surface area contributed by atoms with Crippen molar-refractivity contribution in [1.29, 1.82) is 0 Å². The Bertz CT molecular complexity index is 871. The number of nitrogens with zero attached hydrogens (tertiary/aromatic N) is 4. The number of rotatable bonds is 5. The highest BCUT2D eigenvalue weighted by atomic mass is 127. The molecule has 1 N–H and O–H groups in total. The van der Waals surface area contributed by atoms with Gasteiger partial charge in [0.05, 0.1) is 25.8 Å². The highest BCUT2D eigenvalue weighted by molar-refractivity contribution is 5.82. The second-order valence-corrected chi connectivity index (χ2v) is 6.69. The fraction of sp³-hybridized carbons (Fsp3) is 0.368. The number of aryl methyl sites for hydroxylation is 1. The zero-order valence-electron chi connectivity index (χ0n) is 15.2. The lowest BCUT2D eigenvalue weighted by molar-refractivity contribution is -0.919. The van der Waals surface area contributed by atoms with Crippen molar-refractivity contribution >= 4 is 11.0 Å². The Morgan fingerprint density at radius 2 is 1.84 bits per heavy atom. The summed E-state index contributed by atoms with van der Waals surface area (Å²) in [5, 5.41) is 18.8. The van der Waals surface area contributed by atoms with Gasteiger partial charge in [-0.3, -0.25) is 0 Å². The van der Waals surface area contributed by atoms with E-state index in [4.69, 9.17) is 0 Å². The van der Waals surface area contributed by atoms with Crippen molar-refractivity contribution in [2.45, 2.75) is 27.3 Å². The third-order valence-corrected chi connectivity index (χ3v) is 4.99. The van der Waals surface area contributed by atoms with Gasteiger partial charge in [-0.25, -0.2) is 4.68 Å². The normalized spacial score (nSPS) is 11.5. The fourth-order valence-electron chi connectivity index (χ4n) is 3.03. The summed E-state index contributed by atoms with van der Waals surface area (Å²) in [6.45, 7) is 9.58. The molecule has 0 fully saturated rings. The van der Waals surface area contributed by atoms with E-state index in [1.807, 2.05) is 6.07 Å². The number of phenols is 1. The maximum Gasteiger partial charge on any atom is 0.143 e. The lowest BCUT2D eigenvalue weighted by Gasteiger charge is -2.33. The molecule has 25 heavy (non-hydrogen) atoms.